The summed E-state index contributed by atoms with van der Waals surface area (Å²) in [6.07, 6.45) is 2.42. The molecule has 33 heavy (non-hydrogen) atoms. The van der Waals surface area contributed by atoms with Gasteiger partial charge in [-0.2, -0.15) is 4.31 Å². The second kappa shape index (κ2) is 8.96. The molecule has 2 N–H and O–H groups in total. The minimum absolute atomic E-state index is 0.00181. The largest absolute Gasteiger partial charge is 0.489 e. The topological polar surface area (TPSA) is 122 Å². The van der Waals surface area contributed by atoms with Crippen molar-refractivity contribution >= 4 is 37.3 Å². The van der Waals surface area contributed by atoms with Gasteiger partial charge in [0.05, 0.1) is 28.0 Å². The summed E-state index contributed by atoms with van der Waals surface area (Å²) in [5.74, 6) is 0.0277. The lowest BCUT2D eigenvalue weighted by molar-refractivity contribution is -0.115. The van der Waals surface area contributed by atoms with E-state index in [9.17, 15) is 21.6 Å². The number of sulfonamides is 2. The van der Waals surface area contributed by atoms with Crippen molar-refractivity contribution in [3.8, 4) is 5.75 Å². The number of nitrogens with zero attached hydrogens (tertiary/aromatic N) is 1. The van der Waals surface area contributed by atoms with Gasteiger partial charge in [0.15, 0.2) is 0 Å². The Labute approximate surface area is 194 Å². The normalized spacial score (nSPS) is 17.0. The van der Waals surface area contributed by atoms with Crippen LogP contribution in [0.15, 0.2) is 46.2 Å². The lowest BCUT2D eigenvalue weighted by Crippen LogP contribution is -2.35. The zero-order chi connectivity index (χ0) is 23.8. The molecule has 0 aliphatic carbocycles. The second-order valence-corrected chi connectivity index (χ2v) is 12.1. The fourth-order valence-corrected chi connectivity index (χ4v) is 6.59. The van der Waals surface area contributed by atoms with Crippen molar-refractivity contribution in [3.05, 3.63) is 42.0 Å². The first-order chi connectivity index (χ1) is 15.6. The Balaban J connectivity index is 1.70. The quantitative estimate of drug-likeness (QED) is 0.612. The summed E-state index contributed by atoms with van der Waals surface area (Å²) in [5.41, 5.74) is 1.21. The Morgan fingerprint density at radius 2 is 1.67 bits per heavy atom. The van der Waals surface area contributed by atoms with E-state index in [2.05, 4.69) is 10.0 Å². The molecule has 0 spiro atoms. The molecule has 1 fully saturated rings. The van der Waals surface area contributed by atoms with Crippen molar-refractivity contribution in [1.29, 1.82) is 0 Å². The van der Waals surface area contributed by atoms with E-state index in [0.29, 0.717) is 24.3 Å². The van der Waals surface area contributed by atoms with E-state index in [1.54, 1.807) is 13.8 Å². The molecule has 0 atom stereocenters. The maximum atomic E-state index is 13.2. The van der Waals surface area contributed by atoms with E-state index >= 15 is 0 Å². The molecule has 1 amide bonds. The molecule has 11 heteroatoms. The van der Waals surface area contributed by atoms with Crippen LogP contribution in [0.25, 0.3) is 0 Å². The predicted octanol–water partition coefficient (Wildman–Crippen LogP) is 2.94. The summed E-state index contributed by atoms with van der Waals surface area (Å²) in [6.45, 7) is 4.47. The fourth-order valence-electron chi connectivity index (χ4n) is 3.94. The highest BCUT2D eigenvalue weighted by atomic mass is 32.2. The number of amides is 1. The second-order valence-electron chi connectivity index (χ2n) is 8.44. The van der Waals surface area contributed by atoms with E-state index in [1.807, 2.05) is 0 Å². The van der Waals surface area contributed by atoms with E-state index in [-0.39, 0.29) is 39.7 Å². The lowest BCUT2D eigenvalue weighted by Gasteiger charge is -2.26. The molecule has 4 rings (SSSR count). The van der Waals surface area contributed by atoms with Gasteiger partial charge in [-0.05, 0) is 68.7 Å². The third kappa shape index (κ3) is 4.99. The van der Waals surface area contributed by atoms with Crippen LogP contribution >= 0.6 is 0 Å². The molecular weight excluding hydrogens is 466 g/mol. The number of anilines is 2. The Morgan fingerprint density at radius 3 is 2.36 bits per heavy atom. The molecular formula is C22H27N3O6S2. The van der Waals surface area contributed by atoms with Gasteiger partial charge >= 0.3 is 0 Å². The molecule has 9 nitrogen and oxygen atoms in total. The summed E-state index contributed by atoms with van der Waals surface area (Å²) in [6, 6.07) is 8.58. The van der Waals surface area contributed by atoms with Gasteiger partial charge in [-0.1, -0.05) is 6.42 Å². The monoisotopic (exact) mass is 493 g/mol. The molecule has 2 aliphatic rings. The Bertz CT molecular complexity index is 1280. The summed E-state index contributed by atoms with van der Waals surface area (Å²) >= 11 is 0. The first kappa shape index (κ1) is 23.5. The lowest BCUT2D eigenvalue weighted by atomic mass is 10.2. The first-order valence-corrected chi connectivity index (χ1v) is 13.7. The highest BCUT2D eigenvalue weighted by molar-refractivity contribution is 7.92. The molecule has 178 valence electrons. The number of carbonyl (C=O) groups is 1. The molecule has 2 aromatic rings. The van der Waals surface area contributed by atoms with Gasteiger partial charge in [0.1, 0.15) is 5.75 Å². The number of ether oxygens (including phenoxy) is 1. The molecule has 0 radical (unpaired) electrons. The molecule has 0 unspecified atom stereocenters. The molecule has 0 aromatic heterocycles. The zero-order valence-corrected chi connectivity index (χ0v) is 20.1. The standard InChI is InChI=1S/C22H27N3O6S2/c1-15(2)31-21-9-7-18(33(29,30)25-10-4-3-5-11-25)14-20(21)24-32(27,28)17-6-8-19-16(12-17)13-22(26)23-19/h6-9,12,14-15,24H,3-5,10-11,13H2,1-2H3,(H,23,26). The number of rotatable bonds is 7. The van der Waals surface area contributed by atoms with Gasteiger partial charge in [-0.15, -0.1) is 0 Å². The summed E-state index contributed by atoms with van der Waals surface area (Å²) in [5, 5.41) is 2.67. The van der Waals surface area contributed by atoms with Gasteiger partial charge < -0.3 is 10.1 Å². The van der Waals surface area contributed by atoms with Crippen LogP contribution in [-0.2, 0) is 31.3 Å². The van der Waals surface area contributed by atoms with E-state index in [1.165, 1.54) is 40.7 Å². The molecule has 2 aromatic carbocycles. The Morgan fingerprint density at radius 1 is 0.970 bits per heavy atom. The van der Waals surface area contributed by atoms with Crippen molar-refractivity contribution in [2.75, 3.05) is 23.1 Å². The van der Waals surface area contributed by atoms with Gasteiger partial charge in [0, 0.05) is 18.8 Å². The molecule has 1 saturated heterocycles. The van der Waals surface area contributed by atoms with Crippen LogP contribution in [0, 0.1) is 0 Å². The number of piperidine rings is 1. The van der Waals surface area contributed by atoms with Crippen molar-refractivity contribution < 1.29 is 26.4 Å². The van der Waals surface area contributed by atoms with Crippen LogP contribution in [0.4, 0.5) is 11.4 Å². The molecule has 0 saturated carbocycles. The van der Waals surface area contributed by atoms with Crippen LogP contribution in [-0.4, -0.2) is 46.2 Å². The Kier molecular flexibility index (Phi) is 6.39. The maximum Gasteiger partial charge on any atom is 0.262 e. The summed E-state index contributed by atoms with van der Waals surface area (Å²) < 4.78 is 62.2. The van der Waals surface area contributed by atoms with Crippen LogP contribution < -0.4 is 14.8 Å². The van der Waals surface area contributed by atoms with Gasteiger partial charge in [-0.3, -0.25) is 9.52 Å². The summed E-state index contributed by atoms with van der Waals surface area (Å²) in [4.78, 5) is 11.6. The fraction of sp³-hybridized carbons (Fsp3) is 0.409. The van der Waals surface area contributed by atoms with Gasteiger partial charge in [0.2, 0.25) is 15.9 Å². The van der Waals surface area contributed by atoms with E-state index in [0.717, 1.165) is 19.3 Å². The zero-order valence-electron chi connectivity index (χ0n) is 18.5. The third-order valence-corrected chi connectivity index (χ3v) is 8.78. The maximum absolute atomic E-state index is 13.2. The highest BCUT2D eigenvalue weighted by Crippen LogP contribution is 2.33. The van der Waals surface area contributed by atoms with Gasteiger partial charge in [0.25, 0.3) is 10.0 Å². The van der Waals surface area contributed by atoms with E-state index in [4.69, 9.17) is 4.74 Å². The third-order valence-electron chi connectivity index (χ3n) is 5.52. The number of hydrogen-bond donors (Lipinski definition) is 2. The van der Waals surface area contributed by atoms with Crippen molar-refractivity contribution in [2.24, 2.45) is 0 Å². The van der Waals surface area contributed by atoms with Crippen LogP contribution in [0.3, 0.4) is 0 Å². The number of benzene rings is 2. The minimum atomic E-state index is -4.08. The Hall–Kier alpha value is -2.63. The van der Waals surface area contributed by atoms with Crippen molar-refractivity contribution in [2.45, 2.75) is 55.4 Å². The van der Waals surface area contributed by atoms with Gasteiger partial charge in [-0.25, -0.2) is 16.8 Å². The van der Waals surface area contributed by atoms with Crippen molar-refractivity contribution in [3.63, 3.8) is 0 Å². The van der Waals surface area contributed by atoms with Crippen LogP contribution in [0.5, 0.6) is 5.75 Å². The van der Waals surface area contributed by atoms with Crippen molar-refractivity contribution in [1.82, 2.24) is 4.31 Å². The SMILES string of the molecule is CC(C)Oc1ccc(S(=O)(=O)N2CCCCC2)cc1NS(=O)(=O)c1ccc2c(c1)CC(=O)N2. The number of carbonyl (C=O) groups excluding carboxylic acids is 1. The minimum Gasteiger partial charge on any atom is -0.489 e. The smallest absolute Gasteiger partial charge is 0.262 e. The number of fused-ring (bicyclic) bond motifs is 1. The average molecular weight is 494 g/mol. The van der Waals surface area contributed by atoms with E-state index < -0.39 is 20.0 Å². The number of nitrogens with one attached hydrogen (secondary N) is 2. The van der Waals surface area contributed by atoms with Crippen LogP contribution in [0.1, 0.15) is 38.7 Å². The number of hydrogen-bond acceptors (Lipinski definition) is 6. The summed E-state index contributed by atoms with van der Waals surface area (Å²) in [7, 11) is -7.84. The molecule has 2 aliphatic heterocycles. The average Bonchev–Trinajstić information content (AvgIpc) is 3.14. The van der Waals surface area contributed by atoms with Crippen LogP contribution in [0.2, 0.25) is 0 Å². The first-order valence-electron chi connectivity index (χ1n) is 10.8. The molecule has 0 bridgehead atoms. The highest BCUT2D eigenvalue weighted by Gasteiger charge is 2.28. The predicted molar refractivity (Wildman–Crippen MR) is 124 cm³/mol. The molecule has 2 heterocycles.